The van der Waals surface area contributed by atoms with Gasteiger partial charge in [-0.2, -0.15) is 0 Å². The first-order chi connectivity index (χ1) is 6.19. The first-order valence-corrected chi connectivity index (χ1v) is 5.40. The summed E-state index contributed by atoms with van der Waals surface area (Å²) in [4.78, 5) is 0. The van der Waals surface area contributed by atoms with E-state index in [2.05, 4.69) is 31.9 Å². The van der Waals surface area contributed by atoms with Crippen LogP contribution in [0.4, 0.5) is 0 Å². The second-order valence-electron chi connectivity index (χ2n) is 2.55. The van der Waals surface area contributed by atoms with Gasteiger partial charge in [0.2, 0.25) is 0 Å². The molecule has 0 aromatic heterocycles. The van der Waals surface area contributed by atoms with E-state index in [-0.39, 0.29) is 6.61 Å². The van der Waals surface area contributed by atoms with Crippen LogP contribution in [0.25, 0.3) is 0 Å². The third kappa shape index (κ3) is 2.69. The van der Waals surface area contributed by atoms with Gasteiger partial charge in [0.25, 0.3) is 0 Å². The van der Waals surface area contributed by atoms with Crippen LogP contribution in [0, 0.1) is 0 Å². The van der Waals surface area contributed by atoms with Crippen molar-refractivity contribution in [3.63, 3.8) is 0 Å². The molecule has 0 heterocycles. The molecule has 0 amide bonds. The van der Waals surface area contributed by atoms with E-state index in [0.29, 0.717) is 6.42 Å². The smallest absolute Gasteiger partial charge is 0.136 e. The fourth-order valence-corrected chi connectivity index (χ4v) is 2.62. The molecule has 2 nitrogen and oxygen atoms in total. The average molecular weight is 310 g/mol. The van der Waals surface area contributed by atoms with E-state index in [0.717, 1.165) is 20.3 Å². The highest BCUT2D eigenvalue weighted by Crippen LogP contribution is 2.32. The lowest BCUT2D eigenvalue weighted by molar-refractivity contribution is 0.296. The molecule has 0 unspecified atom stereocenters. The Bertz CT molecular complexity index is 300. The first kappa shape index (κ1) is 11.0. The molecule has 1 rings (SSSR count). The van der Waals surface area contributed by atoms with Crippen LogP contribution >= 0.6 is 31.9 Å². The van der Waals surface area contributed by atoms with Crippen molar-refractivity contribution in [3.05, 3.63) is 26.6 Å². The summed E-state index contributed by atoms with van der Waals surface area (Å²) >= 11 is 6.77. The zero-order chi connectivity index (χ0) is 9.84. The molecule has 0 saturated heterocycles. The molecule has 1 aromatic rings. The molecule has 0 saturated carbocycles. The monoisotopic (exact) mass is 308 g/mol. The van der Waals surface area contributed by atoms with Gasteiger partial charge in [-0.05, 0) is 40.0 Å². The molecule has 13 heavy (non-hydrogen) atoms. The fraction of sp³-hybridized carbons (Fsp3) is 0.333. The Hall–Kier alpha value is -0.0600. The number of rotatable bonds is 3. The minimum absolute atomic E-state index is 0.124. The van der Waals surface area contributed by atoms with Crippen molar-refractivity contribution in [2.45, 2.75) is 6.42 Å². The van der Waals surface area contributed by atoms with Crippen molar-refractivity contribution in [2.24, 2.45) is 0 Å². The summed E-state index contributed by atoms with van der Waals surface area (Å²) in [6.45, 7) is 0.124. The van der Waals surface area contributed by atoms with Gasteiger partial charge in [-0.15, -0.1) is 0 Å². The number of aliphatic hydroxyl groups is 1. The van der Waals surface area contributed by atoms with Crippen molar-refractivity contribution in [2.75, 3.05) is 13.7 Å². The molecule has 0 radical (unpaired) electrons. The zero-order valence-electron chi connectivity index (χ0n) is 7.18. The number of benzene rings is 1. The van der Waals surface area contributed by atoms with Crippen LogP contribution in [0.5, 0.6) is 5.75 Å². The second kappa shape index (κ2) is 4.98. The SMILES string of the molecule is COc1c(Br)cc(Br)cc1CCO. The molecule has 0 aliphatic heterocycles. The van der Waals surface area contributed by atoms with Crippen LogP contribution in [-0.4, -0.2) is 18.8 Å². The minimum atomic E-state index is 0.124. The van der Waals surface area contributed by atoms with Crippen LogP contribution in [0.2, 0.25) is 0 Å². The maximum atomic E-state index is 8.84. The second-order valence-corrected chi connectivity index (χ2v) is 4.32. The number of hydrogen-bond acceptors (Lipinski definition) is 2. The van der Waals surface area contributed by atoms with Crippen molar-refractivity contribution in [1.29, 1.82) is 0 Å². The topological polar surface area (TPSA) is 29.5 Å². The third-order valence-corrected chi connectivity index (χ3v) is 2.72. The van der Waals surface area contributed by atoms with E-state index in [1.165, 1.54) is 0 Å². The summed E-state index contributed by atoms with van der Waals surface area (Å²) in [6.07, 6.45) is 0.598. The van der Waals surface area contributed by atoms with Crippen molar-refractivity contribution in [1.82, 2.24) is 0 Å². The number of halogens is 2. The average Bonchev–Trinajstić information content (AvgIpc) is 2.04. The predicted octanol–water partition coefficient (Wildman–Crippen LogP) is 2.76. The van der Waals surface area contributed by atoms with Gasteiger partial charge in [0.15, 0.2) is 0 Å². The van der Waals surface area contributed by atoms with Gasteiger partial charge in [0.05, 0.1) is 11.6 Å². The molecule has 0 fully saturated rings. The van der Waals surface area contributed by atoms with Crippen LogP contribution < -0.4 is 4.74 Å². The van der Waals surface area contributed by atoms with Gasteiger partial charge in [-0.1, -0.05) is 15.9 Å². The minimum Gasteiger partial charge on any atom is -0.495 e. The molecular formula is C9H10Br2O2. The normalized spacial score (nSPS) is 10.2. The molecule has 0 aliphatic carbocycles. The molecule has 1 aromatic carbocycles. The quantitative estimate of drug-likeness (QED) is 0.930. The van der Waals surface area contributed by atoms with Crippen LogP contribution in [-0.2, 0) is 6.42 Å². The van der Waals surface area contributed by atoms with Crippen LogP contribution in [0.1, 0.15) is 5.56 Å². The lowest BCUT2D eigenvalue weighted by Crippen LogP contribution is -1.96. The lowest BCUT2D eigenvalue weighted by Gasteiger charge is -2.09. The summed E-state index contributed by atoms with van der Waals surface area (Å²) in [7, 11) is 1.62. The highest BCUT2D eigenvalue weighted by Gasteiger charge is 2.08. The number of hydrogen-bond donors (Lipinski definition) is 1. The van der Waals surface area contributed by atoms with Gasteiger partial charge in [-0.25, -0.2) is 0 Å². The molecule has 0 atom stereocenters. The van der Waals surface area contributed by atoms with Crippen molar-refractivity contribution >= 4 is 31.9 Å². The number of methoxy groups -OCH3 is 1. The molecular weight excluding hydrogens is 300 g/mol. The largest absolute Gasteiger partial charge is 0.495 e. The highest BCUT2D eigenvalue weighted by molar-refractivity contribution is 9.11. The molecule has 4 heteroatoms. The van der Waals surface area contributed by atoms with Crippen LogP contribution in [0.3, 0.4) is 0 Å². The summed E-state index contributed by atoms with van der Waals surface area (Å²) in [5.74, 6) is 0.789. The third-order valence-electron chi connectivity index (χ3n) is 1.67. The molecule has 72 valence electrons. The lowest BCUT2D eigenvalue weighted by atomic mass is 10.1. The van der Waals surface area contributed by atoms with Crippen molar-refractivity contribution in [3.8, 4) is 5.75 Å². The fourth-order valence-electron chi connectivity index (χ4n) is 1.15. The van der Waals surface area contributed by atoms with Gasteiger partial charge < -0.3 is 9.84 Å². The maximum Gasteiger partial charge on any atom is 0.136 e. The van der Waals surface area contributed by atoms with Gasteiger partial charge in [-0.3, -0.25) is 0 Å². The Morgan fingerprint density at radius 3 is 2.62 bits per heavy atom. The Labute approximate surface area is 94.2 Å². The van der Waals surface area contributed by atoms with Crippen LogP contribution in [0.15, 0.2) is 21.1 Å². The van der Waals surface area contributed by atoms with E-state index in [1.807, 2.05) is 12.1 Å². The van der Waals surface area contributed by atoms with E-state index in [4.69, 9.17) is 9.84 Å². The Balaban J connectivity index is 3.13. The maximum absolute atomic E-state index is 8.84. The predicted molar refractivity (Wildman–Crippen MR) is 59.2 cm³/mol. The molecule has 0 spiro atoms. The van der Waals surface area contributed by atoms with Crippen molar-refractivity contribution < 1.29 is 9.84 Å². The molecule has 1 N–H and O–H groups in total. The number of aliphatic hydroxyl groups excluding tert-OH is 1. The Morgan fingerprint density at radius 2 is 2.08 bits per heavy atom. The zero-order valence-corrected chi connectivity index (χ0v) is 10.4. The van der Waals surface area contributed by atoms with Gasteiger partial charge >= 0.3 is 0 Å². The number of ether oxygens (including phenoxy) is 1. The van der Waals surface area contributed by atoms with Gasteiger partial charge in [0, 0.05) is 11.1 Å². The summed E-state index contributed by atoms with van der Waals surface area (Å²) in [6, 6.07) is 3.86. The van der Waals surface area contributed by atoms with E-state index in [1.54, 1.807) is 7.11 Å². The standard InChI is InChI=1S/C9H10Br2O2/c1-13-9-6(2-3-12)4-7(10)5-8(9)11/h4-5,12H,2-3H2,1H3. The molecule has 0 bridgehead atoms. The summed E-state index contributed by atoms with van der Waals surface area (Å²) in [5, 5.41) is 8.84. The van der Waals surface area contributed by atoms with E-state index in [9.17, 15) is 0 Å². The first-order valence-electron chi connectivity index (χ1n) is 3.81. The Kier molecular flexibility index (Phi) is 4.22. The Morgan fingerprint density at radius 1 is 1.38 bits per heavy atom. The van der Waals surface area contributed by atoms with E-state index >= 15 is 0 Å². The highest BCUT2D eigenvalue weighted by atomic mass is 79.9. The molecule has 0 aliphatic rings. The van der Waals surface area contributed by atoms with Gasteiger partial charge in [0.1, 0.15) is 5.75 Å². The van der Waals surface area contributed by atoms with E-state index < -0.39 is 0 Å². The summed E-state index contributed by atoms with van der Waals surface area (Å²) < 4.78 is 7.08. The summed E-state index contributed by atoms with van der Waals surface area (Å²) in [5.41, 5.74) is 0.992.